The van der Waals surface area contributed by atoms with Gasteiger partial charge in [0.15, 0.2) is 0 Å². The van der Waals surface area contributed by atoms with Gasteiger partial charge in [0, 0.05) is 64.7 Å². The number of aromatic nitrogens is 2. The normalized spacial score (nSPS) is 16.3. The second kappa shape index (κ2) is 17.4. The number of amides is 4. The molecule has 2 aromatic rings. The van der Waals surface area contributed by atoms with Crippen molar-refractivity contribution >= 4 is 67.8 Å². The van der Waals surface area contributed by atoms with Gasteiger partial charge >= 0.3 is 0 Å². The van der Waals surface area contributed by atoms with Gasteiger partial charge in [0.05, 0.1) is 22.9 Å². The number of aliphatic imine (C=N–C) groups is 1. The van der Waals surface area contributed by atoms with Crippen molar-refractivity contribution < 1.29 is 45.1 Å². The van der Waals surface area contributed by atoms with E-state index in [0.29, 0.717) is 66.9 Å². The lowest BCUT2D eigenvalue weighted by molar-refractivity contribution is -0.121. The predicted octanol–water partition coefficient (Wildman–Crippen LogP) is 0.899. The molecule has 294 valence electrons. The lowest BCUT2D eigenvalue weighted by Crippen LogP contribution is -2.29. The number of nitrogens with zero attached hydrogens (tertiary/aromatic N) is 1. The summed E-state index contributed by atoms with van der Waals surface area (Å²) in [5.41, 5.74) is 7.18. The molecule has 0 saturated carbocycles. The Morgan fingerprint density at radius 3 is 1.82 bits per heavy atom. The van der Waals surface area contributed by atoms with Crippen LogP contribution in [-0.4, -0.2) is 89.8 Å². The van der Waals surface area contributed by atoms with Crippen LogP contribution in [0.25, 0.3) is 18.2 Å². The maximum absolute atomic E-state index is 12.7. The molecule has 0 unspecified atom stereocenters. The van der Waals surface area contributed by atoms with Crippen molar-refractivity contribution in [3.63, 3.8) is 0 Å². The standard InChI is InChI=1S/C37H44N6O10S2/c1-7-24-23(6)36(46)43-31(24)18-29-22(5)27(10-12-35(45)39-14-16-55(51,52)53)33(41-29)19-32-26(9-11-34(44)38-13-15-54(48,49)50)21(4)28(40-32)17-30-20(3)25(8-2)37(47)42-30/h7-8,17-19,40-41H,1-2,9-16H2,3-6H3,(H,38,44)(H,39,45)(H,43,46)(H,48,49,50)(H,51,52,53)/b28-17-,31-18-,32-19-. The third-order valence-electron chi connectivity index (χ3n) is 9.26. The third-order valence-corrected chi connectivity index (χ3v) is 10.7. The second-order valence-electron chi connectivity index (χ2n) is 13.0. The Bertz CT molecular complexity index is 2460. The van der Waals surface area contributed by atoms with Gasteiger partial charge in [-0.05, 0) is 86.6 Å². The zero-order valence-electron chi connectivity index (χ0n) is 30.9. The first-order valence-electron chi connectivity index (χ1n) is 17.1. The summed E-state index contributed by atoms with van der Waals surface area (Å²) in [6.45, 7) is 14.1. The first-order valence-corrected chi connectivity index (χ1v) is 20.3. The molecule has 0 aliphatic carbocycles. The number of H-pyrrole nitrogens is 2. The van der Waals surface area contributed by atoms with Gasteiger partial charge in [-0.15, -0.1) is 0 Å². The van der Waals surface area contributed by atoms with E-state index in [1.165, 1.54) is 6.08 Å². The summed E-state index contributed by atoms with van der Waals surface area (Å²) in [4.78, 5) is 61.3. The first-order chi connectivity index (χ1) is 25.7. The Hall–Kier alpha value is -5.43. The summed E-state index contributed by atoms with van der Waals surface area (Å²) in [5.74, 6) is -2.87. The van der Waals surface area contributed by atoms with E-state index in [2.05, 4.69) is 44.1 Å². The number of allylic oxidation sites excluding steroid dienone is 2. The van der Waals surface area contributed by atoms with Crippen LogP contribution in [-0.2, 0) is 52.3 Å². The Labute approximate surface area is 318 Å². The minimum Gasteiger partial charge on any atom is -0.355 e. The van der Waals surface area contributed by atoms with Gasteiger partial charge in [-0.2, -0.15) is 16.8 Å². The number of carbonyl (C=O) groups is 4. The van der Waals surface area contributed by atoms with E-state index in [0.717, 1.165) is 11.1 Å². The summed E-state index contributed by atoms with van der Waals surface area (Å²) in [6.07, 6.45) is 8.59. The van der Waals surface area contributed by atoms with Crippen molar-refractivity contribution in [2.45, 2.75) is 53.4 Å². The highest BCUT2D eigenvalue weighted by molar-refractivity contribution is 7.86. The average Bonchev–Trinajstić information content (AvgIpc) is 3.73. The number of carbonyl (C=O) groups excluding carboxylic acids is 4. The number of hydrogen-bond donors (Lipinski definition) is 7. The van der Waals surface area contributed by atoms with E-state index in [-0.39, 0.29) is 44.7 Å². The summed E-state index contributed by atoms with van der Waals surface area (Å²) < 4.78 is 62.6. The van der Waals surface area contributed by atoms with Crippen molar-refractivity contribution in [1.29, 1.82) is 0 Å². The first kappa shape index (κ1) is 42.3. The fourth-order valence-corrected chi connectivity index (χ4v) is 6.89. The van der Waals surface area contributed by atoms with Gasteiger partial charge < -0.3 is 25.9 Å². The van der Waals surface area contributed by atoms with Gasteiger partial charge in [0.25, 0.3) is 32.1 Å². The van der Waals surface area contributed by atoms with Crippen LogP contribution >= 0.6 is 0 Å². The van der Waals surface area contributed by atoms with Gasteiger partial charge in [0.2, 0.25) is 11.8 Å². The SMILES string of the molecule is C=CC1=C(C)C(/C=c2\[nH]/c(=C\c3[nH]c(/C=C4\NC(=O)C(C)=C4C=C)c(C)c3CCC(=O)NCCS(=O)(=O)O)c(CCC(=O)NCCS(=O)(=O)O)c2C)=NC1=O. The molecule has 0 saturated heterocycles. The monoisotopic (exact) mass is 796 g/mol. The van der Waals surface area contributed by atoms with Gasteiger partial charge in [0.1, 0.15) is 0 Å². The molecule has 55 heavy (non-hydrogen) atoms. The molecule has 4 amide bonds. The van der Waals surface area contributed by atoms with Gasteiger partial charge in [-0.25, -0.2) is 4.99 Å². The van der Waals surface area contributed by atoms with E-state index in [1.54, 1.807) is 38.2 Å². The molecule has 0 bridgehead atoms. The molecule has 0 radical (unpaired) electrons. The quantitative estimate of drug-likeness (QED) is 0.111. The van der Waals surface area contributed by atoms with Crippen LogP contribution in [0.3, 0.4) is 0 Å². The number of rotatable bonds is 17. The molecule has 0 spiro atoms. The Morgan fingerprint density at radius 1 is 0.727 bits per heavy atom. The van der Waals surface area contributed by atoms with E-state index in [9.17, 15) is 36.0 Å². The molecule has 4 rings (SSSR count). The van der Waals surface area contributed by atoms with Crippen LogP contribution in [0.1, 0.15) is 60.3 Å². The molecule has 2 aliphatic heterocycles. The lowest BCUT2D eigenvalue weighted by Gasteiger charge is -2.06. The topological polar surface area (TPSA) is 257 Å². The molecule has 2 aliphatic rings. The average molecular weight is 797 g/mol. The second-order valence-corrected chi connectivity index (χ2v) is 16.1. The van der Waals surface area contributed by atoms with Crippen LogP contribution in [0.2, 0.25) is 0 Å². The molecular weight excluding hydrogens is 753 g/mol. The minimum absolute atomic E-state index is 0.0425. The molecule has 18 heteroatoms. The van der Waals surface area contributed by atoms with E-state index >= 15 is 0 Å². The summed E-state index contributed by atoms with van der Waals surface area (Å²) in [6, 6.07) is 0. The number of hydrogen-bond acceptors (Lipinski definition) is 8. The summed E-state index contributed by atoms with van der Waals surface area (Å²) >= 11 is 0. The third kappa shape index (κ3) is 10.8. The highest BCUT2D eigenvalue weighted by Crippen LogP contribution is 2.27. The highest BCUT2D eigenvalue weighted by atomic mass is 32.2. The molecular formula is C37H44N6O10S2. The summed E-state index contributed by atoms with van der Waals surface area (Å²) in [5, 5.41) is 8.98. The zero-order valence-corrected chi connectivity index (χ0v) is 32.5. The zero-order chi connectivity index (χ0) is 40.8. The minimum atomic E-state index is -4.27. The maximum Gasteiger partial charge on any atom is 0.277 e. The van der Waals surface area contributed by atoms with Crippen LogP contribution in [0, 0.1) is 13.8 Å². The van der Waals surface area contributed by atoms with E-state index in [1.807, 2.05) is 13.8 Å². The molecule has 0 aromatic carbocycles. The highest BCUT2D eigenvalue weighted by Gasteiger charge is 2.24. The van der Waals surface area contributed by atoms with Crippen molar-refractivity contribution in [3.05, 3.63) is 97.6 Å². The van der Waals surface area contributed by atoms with Crippen LogP contribution in [0.4, 0.5) is 0 Å². The number of nitrogens with one attached hydrogen (secondary N) is 5. The van der Waals surface area contributed by atoms with Crippen LogP contribution in [0.5, 0.6) is 0 Å². The Morgan fingerprint density at radius 2 is 1.29 bits per heavy atom. The van der Waals surface area contributed by atoms with Gasteiger partial charge in [-0.1, -0.05) is 25.3 Å². The molecule has 2 aromatic heterocycles. The smallest absolute Gasteiger partial charge is 0.277 e. The molecule has 4 heterocycles. The predicted molar refractivity (Wildman–Crippen MR) is 208 cm³/mol. The van der Waals surface area contributed by atoms with Crippen molar-refractivity contribution in [2.24, 2.45) is 4.99 Å². The Kier molecular flexibility index (Phi) is 13.4. The van der Waals surface area contributed by atoms with E-state index in [4.69, 9.17) is 9.11 Å². The van der Waals surface area contributed by atoms with Crippen molar-refractivity contribution in [3.8, 4) is 0 Å². The fourth-order valence-electron chi connectivity index (χ4n) is 6.17. The Balaban J connectivity index is 1.83. The fraction of sp³-hybridized carbons (Fsp3) is 0.324. The largest absolute Gasteiger partial charge is 0.355 e. The van der Waals surface area contributed by atoms with Gasteiger partial charge in [-0.3, -0.25) is 28.3 Å². The van der Waals surface area contributed by atoms with Crippen LogP contribution in [0.15, 0.2) is 58.3 Å². The molecule has 0 atom stereocenters. The molecule has 0 fully saturated rings. The van der Waals surface area contributed by atoms with Crippen LogP contribution < -0.4 is 26.6 Å². The number of aromatic amines is 2. The maximum atomic E-state index is 12.7. The van der Waals surface area contributed by atoms with E-state index < -0.39 is 49.5 Å². The van der Waals surface area contributed by atoms with Crippen molar-refractivity contribution in [2.75, 3.05) is 24.6 Å². The lowest BCUT2D eigenvalue weighted by atomic mass is 10.0. The molecule has 7 N–H and O–H groups in total. The van der Waals surface area contributed by atoms with Crippen molar-refractivity contribution in [1.82, 2.24) is 25.9 Å². The molecule has 16 nitrogen and oxygen atoms in total. The summed E-state index contributed by atoms with van der Waals surface area (Å²) in [7, 11) is -8.54.